The van der Waals surface area contributed by atoms with Crippen LogP contribution in [0.5, 0.6) is 0 Å². The number of nitrogens with zero attached hydrogens (tertiary/aromatic N) is 2. The maximum atomic E-state index is 12.8. The molecular weight excluding hydrogens is 274 g/mol. The van der Waals surface area contributed by atoms with E-state index in [9.17, 15) is 8.42 Å². The zero-order valence-corrected chi connectivity index (χ0v) is 12.8. The molecule has 1 aliphatic rings. The topological polar surface area (TPSA) is 62.3 Å². The molecule has 0 saturated carbocycles. The molecule has 6 heteroatoms. The van der Waals surface area contributed by atoms with Crippen LogP contribution in [0.1, 0.15) is 39.0 Å². The third-order valence-corrected chi connectivity index (χ3v) is 5.46. The normalized spacial score (nSPS) is 17.6. The zero-order chi connectivity index (χ0) is 14.4. The summed E-state index contributed by atoms with van der Waals surface area (Å²) in [5.41, 5.74) is 0.658. The van der Waals surface area contributed by atoms with Crippen LogP contribution >= 0.6 is 0 Å². The van der Waals surface area contributed by atoms with Crippen molar-refractivity contribution in [1.29, 1.82) is 0 Å². The average Bonchev–Trinajstić information content (AvgIpc) is 2.75. The minimum Gasteiger partial charge on any atom is -0.384 e. The second-order valence-electron chi connectivity index (χ2n) is 5.12. The van der Waals surface area contributed by atoms with Crippen molar-refractivity contribution in [3.63, 3.8) is 0 Å². The minimum absolute atomic E-state index is 0.301. The first-order valence-electron chi connectivity index (χ1n) is 7.34. The van der Waals surface area contributed by atoms with E-state index in [1.807, 2.05) is 0 Å². The Kier molecular flexibility index (Phi) is 5.37. The van der Waals surface area contributed by atoms with E-state index in [4.69, 9.17) is 0 Å². The van der Waals surface area contributed by atoms with Crippen molar-refractivity contribution < 1.29 is 8.42 Å². The van der Waals surface area contributed by atoms with Gasteiger partial charge in [0.05, 0.1) is 5.69 Å². The number of pyridine rings is 1. The van der Waals surface area contributed by atoms with Gasteiger partial charge in [0.25, 0.3) is 0 Å². The molecule has 0 aromatic carbocycles. The summed E-state index contributed by atoms with van der Waals surface area (Å²) in [5.74, 6) is 0. The Bertz CT molecular complexity index is 523. The molecule has 0 bridgehead atoms. The molecule has 1 fully saturated rings. The van der Waals surface area contributed by atoms with Crippen LogP contribution in [0.3, 0.4) is 0 Å². The lowest BCUT2D eigenvalue weighted by Crippen LogP contribution is -2.32. The average molecular weight is 297 g/mol. The largest absolute Gasteiger partial charge is 0.384 e. The van der Waals surface area contributed by atoms with E-state index < -0.39 is 10.0 Å². The highest BCUT2D eigenvalue weighted by Crippen LogP contribution is 2.25. The van der Waals surface area contributed by atoms with Crippen molar-refractivity contribution >= 4 is 15.7 Å². The first-order chi connectivity index (χ1) is 9.66. The van der Waals surface area contributed by atoms with Crippen molar-refractivity contribution in [1.82, 2.24) is 9.29 Å². The number of hydrogen-bond acceptors (Lipinski definition) is 4. The van der Waals surface area contributed by atoms with Crippen molar-refractivity contribution in [2.75, 3.05) is 25.0 Å². The Morgan fingerprint density at radius 2 is 1.95 bits per heavy atom. The molecule has 112 valence electrons. The van der Waals surface area contributed by atoms with E-state index in [1.165, 1.54) is 6.20 Å². The maximum Gasteiger partial charge on any atom is 0.246 e. The molecule has 1 aromatic rings. The monoisotopic (exact) mass is 297 g/mol. The molecule has 2 heterocycles. The molecule has 0 aliphatic carbocycles. The summed E-state index contributed by atoms with van der Waals surface area (Å²) >= 11 is 0. The second kappa shape index (κ2) is 7.04. The highest BCUT2D eigenvalue weighted by molar-refractivity contribution is 7.89. The van der Waals surface area contributed by atoms with Gasteiger partial charge < -0.3 is 5.32 Å². The van der Waals surface area contributed by atoms with Gasteiger partial charge in [-0.3, -0.25) is 4.98 Å². The third-order valence-electron chi connectivity index (χ3n) is 3.53. The fourth-order valence-electron chi connectivity index (χ4n) is 2.41. The lowest BCUT2D eigenvalue weighted by atomic mass is 10.2. The third kappa shape index (κ3) is 3.49. The summed E-state index contributed by atoms with van der Waals surface area (Å²) in [5, 5.41) is 3.18. The number of sulfonamides is 1. The Morgan fingerprint density at radius 3 is 2.60 bits per heavy atom. The first kappa shape index (κ1) is 15.3. The summed E-state index contributed by atoms with van der Waals surface area (Å²) in [6.45, 7) is 4.04. The predicted molar refractivity (Wildman–Crippen MR) is 80.2 cm³/mol. The van der Waals surface area contributed by atoms with E-state index in [-0.39, 0.29) is 0 Å². The minimum atomic E-state index is -3.44. The summed E-state index contributed by atoms with van der Waals surface area (Å²) in [7, 11) is -3.44. The Hall–Kier alpha value is -1.14. The maximum absolute atomic E-state index is 12.8. The molecule has 1 aromatic heterocycles. The molecular formula is C14H23N3O2S. The molecule has 0 unspecified atom stereocenters. The number of nitrogens with one attached hydrogen (secondary N) is 1. The van der Waals surface area contributed by atoms with Crippen LogP contribution in [0.25, 0.3) is 0 Å². The van der Waals surface area contributed by atoms with Crippen molar-refractivity contribution in [2.24, 2.45) is 0 Å². The van der Waals surface area contributed by atoms with Gasteiger partial charge in [-0.05, 0) is 25.3 Å². The van der Waals surface area contributed by atoms with Gasteiger partial charge in [-0.25, -0.2) is 8.42 Å². The Morgan fingerprint density at radius 1 is 1.25 bits per heavy atom. The second-order valence-corrected chi connectivity index (χ2v) is 7.02. The van der Waals surface area contributed by atoms with Crippen LogP contribution in [0.4, 0.5) is 5.69 Å². The Labute approximate surface area is 121 Å². The van der Waals surface area contributed by atoms with Gasteiger partial charge in [0, 0.05) is 32.0 Å². The highest BCUT2D eigenvalue weighted by Gasteiger charge is 2.27. The molecule has 0 amide bonds. The van der Waals surface area contributed by atoms with Crippen LogP contribution in [0.15, 0.2) is 23.4 Å². The number of rotatable bonds is 5. The molecule has 1 N–H and O–H groups in total. The molecule has 1 saturated heterocycles. The summed E-state index contributed by atoms with van der Waals surface area (Å²) in [4.78, 5) is 4.29. The molecule has 20 heavy (non-hydrogen) atoms. The predicted octanol–water partition coefficient (Wildman–Crippen LogP) is 2.47. The first-order valence-corrected chi connectivity index (χ1v) is 8.78. The number of aromatic nitrogens is 1. The van der Waals surface area contributed by atoms with Crippen LogP contribution in [-0.2, 0) is 10.0 Å². The fourth-order valence-corrected chi connectivity index (χ4v) is 4.04. The van der Waals surface area contributed by atoms with Crippen molar-refractivity contribution in [3.05, 3.63) is 18.5 Å². The van der Waals surface area contributed by atoms with Gasteiger partial charge in [0.15, 0.2) is 0 Å². The molecule has 0 spiro atoms. The van der Waals surface area contributed by atoms with Crippen molar-refractivity contribution in [2.45, 2.75) is 43.9 Å². The Balaban J connectivity index is 2.28. The number of anilines is 1. The van der Waals surface area contributed by atoms with E-state index in [0.717, 1.165) is 38.6 Å². The van der Waals surface area contributed by atoms with Gasteiger partial charge in [0.2, 0.25) is 10.0 Å². The molecule has 5 nitrogen and oxygen atoms in total. The van der Waals surface area contributed by atoms with Crippen LogP contribution in [0.2, 0.25) is 0 Å². The lowest BCUT2D eigenvalue weighted by molar-refractivity contribution is 0.424. The van der Waals surface area contributed by atoms with E-state index in [0.29, 0.717) is 23.7 Å². The highest BCUT2D eigenvalue weighted by atomic mass is 32.2. The van der Waals surface area contributed by atoms with Gasteiger partial charge >= 0.3 is 0 Å². The smallest absolute Gasteiger partial charge is 0.246 e. The van der Waals surface area contributed by atoms with E-state index >= 15 is 0 Å². The quantitative estimate of drug-likeness (QED) is 0.907. The molecule has 0 atom stereocenters. The molecule has 2 rings (SSSR count). The van der Waals surface area contributed by atoms with Crippen LogP contribution in [0, 0.1) is 0 Å². The fraction of sp³-hybridized carbons (Fsp3) is 0.643. The van der Waals surface area contributed by atoms with Gasteiger partial charge in [-0.2, -0.15) is 4.31 Å². The summed E-state index contributed by atoms with van der Waals surface area (Å²) < 4.78 is 27.1. The zero-order valence-electron chi connectivity index (χ0n) is 12.0. The van der Waals surface area contributed by atoms with Gasteiger partial charge in [0.1, 0.15) is 4.90 Å². The molecule has 0 radical (unpaired) electrons. The van der Waals surface area contributed by atoms with Crippen molar-refractivity contribution in [3.8, 4) is 0 Å². The SMILES string of the molecule is CCCNc1ccncc1S(=O)(=O)N1CCCCCC1. The molecule has 1 aliphatic heterocycles. The lowest BCUT2D eigenvalue weighted by Gasteiger charge is -2.21. The van der Waals surface area contributed by atoms with Gasteiger partial charge in [-0.15, -0.1) is 0 Å². The standard InChI is InChI=1S/C14H23N3O2S/c1-2-8-16-13-7-9-15-12-14(13)20(18,19)17-10-5-3-4-6-11-17/h7,9,12H,2-6,8,10-11H2,1H3,(H,15,16). The summed E-state index contributed by atoms with van der Waals surface area (Å²) in [6, 6.07) is 1.74. The summed E-state index contributed by atoms with van der Waals surface area (Å²) in [6.07, 6.45) is 8.14. The van der Waals surface area contributed by atoms with Gasteiger partial charge in [-0.1, -0.05) is 19.8 Å². The van der Waals surface area contributed by atoms with E-state index in [2.05, 4.69) is 17.2 Å². The van der Waals surface area contributed by atoms with Crippen LogP contribution in [-0.4, -0.2) is 37.3 Å². The van der Waals surface area contributed by atoms with E-state index in [1.54, 1.807) is 16.6 Å². The van der Waals surface area contributed by atoms with Crippen LogP contribution < -0.4 is 5.32 Å². The number of hydrogen-bond donors (Lipinski definition) is 1.